The molecule has 38 heavy (non-hydrogen) atoms. The monoisotopic (exact) mass is 530 g/mol. The van der Waals surface area contributed by atoms with E-state index in [1.165, 1.54) is 19.9 Å². The molecule has 5 rings (SSSR count). The number of ether oxygens (including phenoxy) is 3. The van der Waals surface area contributed by atoms with Gasteiger partial charge in [-0.1, -0.05) is 34.6 Å². The Bertz CT molecular complexity index is 1080. The van der Waals surface area contributed by atoms with Gasteiger partial charge in [-0.3, -0.25) is 9.59 Å². The molecule has 0 aromatic heterocycles. The van der Waals surface area contributed by atoms with Crippen molar-refractivity contribution in [2.45, 2.75) is 124 Å². The zero-order chi connectivity index (χ0) is 28.1. The van der Waals surface area contributed by atoms with Crippen molar-refractivity contribution in [1.29, 1.82) is 0 Å². The lowest BCUT2D eigenvalue weighted by atomic mass is 9.35. The van der Waals surface area contributed by atoms with Gasteiger partial charge in [0.25, 0.3) is 0 Å². The smallest absolute Gasteiger partial charge is 0.331 e. The SMILES string of the molecule is CC(=O)O[C@@H]1CC[C@]2(C)[C@H]3CC[C@H]4[C@@](C)([C@H](OC(C)=O)C[C@]4(O)[C@]4(C)C=CC(=O)O4)[C@]3(C)CC[C@H]2C1(C)C. The van der Waals surface area contributed by atoms with Gasteiger partial charge < -0.3 is 19.3 Å². The normalized spacial score (nSPS) is 50.9. The first-order chi connectivity index (χ1) is 17.5. The van der Waals surface area contributed by atoms with Gasteiger partial charge in [0.05, 0.1) is 0 Å². The van der Waals surface area contributed by atoms with Crippen LogP contribution in [0.4, 0.5) is 0 Å². The highest BCUT2D eigenvalue weighted by Crippen LogP contribution is 2.77. The predicted octanol–water partition coefficient (Wildman–Crippen LogP) is 5.13. The average Bonchev–Trinajstić information content (AvgIpc) is 3.26. The van der Waals surface area contributed by atoms with E-state index >= 15 is 0 Å². The number of rotatable bonds is 3. The summed E-state index contributed by atoms with van der Waals surface area (Å²) in [4.78, 5) is 36.5. The van der Waals surface area contributed by atoms with Crippen LogP contribution in [-0.2, 0) is 28.6 Å². The molecule has 4 fully saturated rings. The Morgan fingerprint density at radius 2 is 1.47 bits per heavy atom. The number of hydrogen-bond donors (Lipinski definition) is 1. The van der Waals surface area contributed by atoms with Crippen LogP contribution in [0.3, 0.4) is 0 Å². The van der Waals surface area contributed by atoms with E-state index in [0.29, 0.717) is 11.8 Å². The minimum Gasteiger partial charge on any atom is -0.462 e. The van der Waals surface area contributed by atoms with Gasteiger partial charge in [0.1, 0.15) is 17.8 Å². The second-order valence-corrected chi connectivity index (χ2v) is 14.5. The third-order valence-electron chi connectivity index (χ3n) is 12.8. The standard InChI is InChI=1S/C31H46O7/c1-18(32)36-23-12-14-27(5)20(26(23,3)4)11-15-28(6)21(27)9-10-22-30(28,8)24(37-19(2)33)17-31(22,35)29(7)16-13-25(34)38-29/h13,16,20-24,35H,9-12,14-15,17H2,1-8H3/t20-,21+,22-,23+,24+,27-,28+,29-,30-,31+/m0/s1. The summed E-state index contributed by atoms with van der Waals surface area (Å²) in [6.07, 6.45) is 8.18. The van der Waals surface area contributed by atoms with Crippen LogP contribution in [0.2, 0.25) is 0 Å². The largest absolute Gasteiger partial charge is 0.462 e. The van der Waals surface area contributed by atoms with Gasteiger partial charge in [-0.25, -0.2) is 4.79 Å². The second-order valence-electron chi connectivity index (χ2n) is 14.5. The van der Waals surface area contributed by atoms with E-state index < -0.39 is 28.7 Å². The average molecular weight is 531 g/mol. The summed E-state index contributed by atoms with van der Waals surface area (Å²) < 4.78 is 17.7. The maximum Gasteiger partial charge on any atom is 0.331 e. The topological polar surface area (TPSA) is 99.1 Å². The summed E-state index contributed by atoms with van der Waals surface area (Å²) in [6, 6.07) is 0. The molecule has 212 valence electrons. The highest BCUT2D eigenvalue weighted by molar-refractivity contribution is 5.85. The summed E-state index contributed by atoms with van der Waals surface area (Å²) in [5.41, 5.74) is -3.36. The lowest BCUT2D eigenvalue weighted by Gasteiger charge is -2.70. The van der Waals surface area contributed by atoms with Crippen LogP contribution in [-0.4, -0.2) is 46.4 Å². The van der Waals surface area contributed by atoms with Crippen LogP contribution in [0, 0.1) is 39.4 Å². The fourth-order valence-electron chi connectivity index (χ4n) is 10.9. The molecule has 0 aromatic rings. The Labute approximate surface area is 227 Å². The Morgan fingerprint density at radius 3 is 2.05 bits per heavy atom. The Morgan fingerprint density at radius 1 is 0.868 bits per heavy atom. The molecule has 0 aromatic carbocycles. The molecule has 0 saturated heterocycles. The lowest BCUT2D eigenvalue weighted by molar-refractivity contribution is -0.254. The maximum atomic E-state index is 12.4. The van der Waals surface area contributed by atoms with E-state index in [9.17, 15) is 19.5 Å². The molecule has 7 heteroatoms. The van der Waals surface area contributed by atoms with Gasteiger partial charge in [0.2, 0.25) is 0 Å². The number of carbonyl (C=O) groups excluding carboxylic acids is 3. The zero-order valence-corrected chi connectivity index (χ0v) is 24.4. The van der Waals surface area contributed by atoms with Crippen LogP contribution in [0.1, 0.15) is 100 Å². The summed E-state index contributed by atoms with van der Waals surface area (Å²) in [5.74, 6) is -0.482. The second kappa shape index (κ2) is 8.31. The van der Waals surface area contributed by atoms with Gasteiger partial charge >= 0.3 is 17.9 Å². The van der Waals surface area contributed by atoms with Gasteiger partial charge in [-0.05, 0) is 74.2 Å². The van der Waals surface area contributed by atoms with E-state index in [1.54, 1.807) is 13.0 Å². The van der Waals surface area contributed by atoms with Crippen molar-refractivity contribution < 1.29 is 33.7 Å². The van der Waals surface area contributed by atoms with E-state index in [0.717, 1.165) is 38.5 Å². The first-order valence-corrected chi connectivity index (χ1v) is 14.4. The Hall–Kier alpha value is -1.89. The van der Waals surface area contributed by atoms with Crippen molar-refractivity contribution in [3.05, 3.63) is 12.2 Å². The molecule has 4 saturated carbocycles. The van der Waals surface area contributed by atoms with E-state index in [-0.39, 0.29) is 46.6 Å². The highest BCUT2D eigenvalue weighted by Gasteiger charge is 2.77. The van der Waals surface area contributed by atoms with Crippen LogP contribution in [0.25, 0.3) is 0 Å². The van der Waals surface area contributed by atoms with E-state index in [4.69, 9.17) is 14.2 Å². The number of esters is 3. The number of aliphatic hydroxyl groups is 1. The molecule has 0 spiro atoms. The first-order valence-electron chi connectivity index (χ1n) is 14.4. The van der Waals surface area contributed by atoms with Crippen molar-refractivity contribution in [3.63, 3.8) is 0 Å². The van der Waals surface area contributed by atoms with Crippen molar-refractivity contribution in [2.75, 3.05) is 0 Å². The lowest BCUT2D eigenvalue weighted by Crippen LogP contribution is -2.67. The number of hydrogen-bond acceptors (Lipinski definition) is 7. The molecule has 1 heterocycles. The predicted molar refractivity (Wildman–Crippen MR) is 141 cm³/mol. The summed E-state index contributed by atoms with van der Waals surface area (Å²) >= 11 is 0. The maximum absolute atomic E-state index is 12.4. The van der Waals surface area contributed by atoms with E-state index in [2.05, 4.69) is 34.6 Å². The molecule has 4 aliphatic carbocycles. The molecule has 0 radical (unpaired) electrons. The summed E-state index contributed by atoms with van der Waals surface area (Å²) in [6.45, 7) is 16.3. The number of carbonyl (C=O) groups is 3. The third-order valence-corrected chi connectivity index (χ3v) is 12.8. The van der Waals surface area contributed by atoms with Crippen molar-refractivity contribution in [1.82, 2.24) is 0 Å². The molecule has 1 N–H and O–H groups in total. The number of cyclic esters (lactones) is 1. The minimum atomic E-state index is -1.34. The fourth-order valence-corrected chi connectivity index (χ4v) is 10.9. The molecule has 0 bridgehead atoms. The van der Waals surface area contributed by atoms with Crippen molar-refractivity contribution >= 4 is 17.9 Å². The van der Waals surface area contributed by atoms with Crippen molar-refractivity contribution in [3.8, 4) is 0 Å². The highest BCUT2D eigenvalue weighted by atomic mass is 16.6. The Balaban J connectivity index is 1.57. The van der Waals surface area contributed by atoms with Crippen LogP contribution >= 0.6 is 0 Å². The fraction of sp³-hybridized carbons (Fsp3) is 0.839. The quantitative estimate of drug-likeness (QED) is 0.399. The molecule has 0 unspecified atom stereocenters. The minimum absolute atomic E-state index is 0.0201. The first kappa shape index (κ1) is 27.7. The van der Waals surface area contributed by atoms with Gasteiger partial charge in [-0.15, -0.1) is 0 Å². The van der Waals surface area contributed by atoms with Crippen LogP contribution < -0.4 is 0 Å². The number of fused-ring (bicyclic) bond motifs is 5. The van der Waals surface area contributed by atoms with Gasteiger partial charge in [0, 0.05) is 43.1 Å². The van der Waals surface area contributed by atoms with Gasteiger partial charge in [0.15, 0.2) is 5.60 Å². The van der Waals surface area contributed by atoms with Gasteiger partial charge in [-0.2, -0.15) is 0 Å². The summed E-state index contributed by atoms with van der Waals surface area (Å²) in [7, 11) is 0. The van der Waals surface area contributed by atoms with Crippen molar-refractivity contribution in [2.24, 2.45) is 39.4 Å². The molecule has 7 nitrogen and oxygen atoms in total. The van der Waals surface area contributed by atoms with Crippen LogP contribution in [0.5, 0.6) is 0 Å². The summed E-state index contributed by atoms with van der Waals surface area (Å²) in [5, 5.41) is 12.4. The Kier molecular flexibility index (Phi) is 6.05. The molecular formula is C31H46O7. The molecule has 0 amide bonds. The zero-order valence-electron chi connectivity index (χ0n) is 24.4. The molecule has 10 atom stereocenters. The van der Waals surface area contributed by atoms with Crippen LogP contribution in [0.15, 0.2) is 12.2 Å². The molecular weight excluding hydrogens is 484 g/mol. The third kappa shape index (κ3) is 3.38. The molecule has 5 aliphatic rings. The molecule has 1 aliphatic heterocycles. The van der Waals surface area contributed by atoms with E-state index in [1.807, 2.05) is 0 Å².